The minimum Gasteiger partial charge on any atom is -0.482 e. The molecule has 0 bridgehead atoms. The lowest BCUT2D eigenvalue weighted by Crippen LogP contribution is -2.36. The Labute approximate surface area is 117 Å². The van der Waals surface area contributed by atoms with Gasteiger partial charge in [-0.2, -0.15) is 0 Å². The Morgan fingerprint density at radius 3 is 2.90 bits per heavy atom. The molecule has 1 saturated carbocycles. The van der Waals surface area contributed by atoms with Crippen LogP contribution in [-0.4, -0.2) is 36.4 Å². The summed E-state index contributed by atoms with van der Waals surface area (Å²) in [5.74, 6) is 1.02. The van der Waals surface area contributed by atoms with Crippen LogP contribution in [0.3, 0.4) is 0 Å². The van der Waals surface area contributed by atoms with Gasteiger partial charge in [-0.1, -0.05) is 0 Å². The molecule has 2 amide bonds. The summed E-state index contributed by atoms with van der Waals surface area (Å²) in [6.45, 7) is 2.09. The molecule has 1 unspecified atom stereocenters. The first kappa shape index (κ1) is 13.0. The zero-order chi connectivity index (χ0) is 14.3. The van der Waals surface area contributed by atoms with Crippen molar-refractivity contribution in [1.29, 1.82) is 0 Å². The van der Waals surface area contributed by atoms with Crippen LogP contribution in [0.4, 0.5) is 5.69 Å². The Kier molecular flexibility index (Phi) is 3.12. The van der Waals surface area contributed by atoms with E-state index in [1.54, 1.807) is 23.1 Å². The van der Waals surface area contributed by atoms with Gasteiger partial charge in [0.15, 0.2) is 6.61 Å². The fourth-order valence-corrected chi connectivity index (χ4v) is 2.49. The highest BCUT2D eigenvalue weighted by Gasteiger charge is 2.33. The van der Waals surface area contributed by atoms with Gasteiger partial charge in [-0.3, -0.25) is 9.59 Å². The van der Waals surface area contributed by atoms with Gasteiger partial charge in [0.2, 0.25) is 0 Å². The molecule has 2 aliphatic rings. The largest absolute Gasteiger partial charge is 0.482 e. The van der Waals surface area contributed by atoms with Gasteiger partial charge in [0, 0.05) is 18.7 Å². The molecule has 1 heterocycles. The predicted molar refractivity (Wildman–Crippen MR) is 74.8 cm³/mol. The molecule has 1 N–H and O–H groups in total. The van der Waals surface area contributed by atoms with Crippen LogP contribution in [0.15, 0.2) is 18.2 Å². The Morgan fingerprint density at radius 2 is 2.20 bits per heavy atom. The number of amides is 2. The van der Waals surface area contributed by atoms with E-state index in [1.807, 2.05) is 7.05 Å². The highest BCUT2D eigenvalue weighted by Crippen LogP contribution is 2.35. The molecule has 20 heavy (non-hydrogen) atoms. The maximum atomic E-state index is 12.5. The summed E-state index contributed by atoms with van der Waals surface area (Å²) in [4.78, 5) is 25.5. The van der Waals surface area contributed by atoms with Crippen molar-refractivity contribution >= 4 is 17.5 Å². The third-order valence-corrected chi connectivity index (χ3v) is 4.10. The van der Waals surface area contributed by atoms with Crippen molar-refractivity contribution in [2.75, 3.05) is 19.0 Å². The highest BCUT2D eigenvalue weighted by atomic mass is 16.5. The molecule has 1 atom stereocenters. The van der Waals surface area contributed by atoms with Crippen molar-refractivity contribution in [2.24, 2.45) is 5.92 Å². The highest BCUT2D eigenvalue weighted by molar-refractivity contribution is 5.99. The molecular weight excluding hydrogens is 256 g/mol. The van der Waals surface area contributed by atoms with Gasteiger partial charge >= 0.3 is 0 Å². The fourth-order valence-electron chi connectivity index (χ4n) is 2.49. The second kappa shape index (κ2) is 4.81. The van der Waals surface area contributed by atoms with Crippen LogP contribution in [0.5, 0.6) is 5.75 Å². The molecule has 1 aromatic rings. The van der Waals surface area contributed by atoms with Crippen molar-refractivity contribution in [3.05, 3.63) is 23.8 Å². The molecule has 1 aliphatic carbocycles. The molecule has 3 rings (SSSR count). The number of ether oxygens (including phenoxy) is 1. The molecular formula is C15H18N2O3. The number of nitrogens with zero attached hydrogens (tertiary/aromatic N) is 1. The van der Waals surface area contributed by atoms with E-state index < -0.39 is 0 Å². The molecule has 5 nitrogen and oxygen atoms in total. The van der Waals surface area contributed by atoms with Crippen molar-refractivity contribution in [2.45, 2.75) is 25.8 Å². The predicted octanol–water partition coefficient (Wildman–Crippen LogP) is 1.89. The number of fused-ring (bicyclic) bond motifs is 1. The lowest BCUT2D eigenvalue weighted by molar-refractivity contribution is -0.118. The Balaban J connectivity index is 1.79. The average Bonchev–Trinajstić information content (AvgIpc) is 3.29. The van der Waals surface area contributed by atoms with Gasteiger partial charge in [-0.15, -0.1) is 0 Å². The Bertz CT molecular complexity index is 566. The summed E-state index contributed by atoms with van der Waals surface area (Å²) in [5.41, 5.74) is 1.21. The SMILES string of the molecule is CC(C1CC1)N(C)C(=O)c1ccc2c(c1)OCC(=O)N2. The first-order valence-electron chi connectivity index (χ1n) is 6.90. The molecule has 106 valence electrons. The molecule has 1 fully saturated rings. The molecule has 5 heteroatoms. The fraction of sp³-hybridized carbons (Fsp3) is 0.467. The first-order valence-corrected chi connectivity index (χ1v) is 6.90. The third kappa shape index (κ3) is 2.35. The average molecular weight is 274 g/mol. The summed E-state index contributed by atoms with van der Waals surface area (Å²) in [6, 6.07) is 5.41. The standard InChI is InChI=1S/C15H18N2O3/c1-9(10-3-4-10)17(2)15(19)11-5-6-12-13(7-11)20-8-14(18)16-12/h5-7,9-10H,3-4,8H2,1-2H3,(H,16,18). The monoisotopic (exact) mass is 274 g/mol. The van der Waals surface area contributed by atoms with Crippen LogP contribution >= 0.6 is 0 Å². The Hall–Kier alpha value is -2.04. The number of hydrogen-bond donors (Lipinski definition) is 1. The maximum Gasteiger partial charge on any atom is 0.262 e. The van der Waals surface area contributed by atoms with E-state index >= 15 is 0 Å². The summed E-state index contributed by atoms with van der Waals surface area (Å²) < 4.78 is 5.34. The molecule has 0 saturated heterocycles. The van der Waals surface area contributed by atoms with Crippen molar-refractivity contribution < 1.29 is 14.3 Å². The summed E-state index contributed by atoms with van der Waals surface area (Å²) in [7, 11) is 1.84. The number of benzene rings is 1. The van der Waals surface area contributed by atoms with Crippen LogP contribution in [0.2, 0.25) is 0 Å². The van der Waals surface area contributed by atoms with Gasteiger partial charge in [0.05, 0.1) is 5.69 Å². The lowest BCUT2D eigenvalue weighted by Gasteiger charge is -2.25. The van der Waals surface area contributed by atoms with E-state index in [0.717, 1.165) is 0 Å². The third-order valence-electron chi connectivity index (χ3n) is 4.10. The maximum absolute atomic E-state index is 12.5. The van der Waals surface area contributed by atoms with E-state index in [-0.39, 0.29) is 24.5 Å². The van der Waals surface area contributed by atoms with Crippen LogP contribution in [0.1, 0.15) is 30.1 Å². The van der Waals surface area contributed by atoms with Gasteiger partial charge in [0.1, 0.15) is 5.75 Å². The number of nitrogens with one attached hydrogen (secondary N) is 1. The molecule has 1 aromatic carbocycles. The van der Waals surface area contributed by atoms with Crippen LogP contribution < -0.4 is 10.1 Å². The number of carbonyl (C=O) groups excluding carboxylic acids is 2. The normalized spacial score (nSPS) is 18.6. The quantitative estimate of drug-likeness (QED) is 0.915. The Morgan fingerprint density at radius 1 is 1.45 bits per heavy atom. The van der Waals surface area contributed by atoms with Gasteiger partial charge in [-0.05, 0) is 43.9 Å². The number of carbonyl (C=O) groups is 2. The minimum absolute atomic E-state index is 0.00103. The van der Waals surface area contributed by atoms with Gasteiger partial charge in [-0.25, -0.2) is 0 Å². The summed E-state index contributed by atoms with van der Waals surface area (Å²) in [6.07, 6.45) is 2.41. The smallest absolute Gasteiger partial charge is 0.262 e. The molecule has 1 aliphatic heterocycles. The van der Waals surface area contributed by atoms with E-state index in [4.69, 9.17) is 4.74 Å². The van der Waals surface area contributed by atoms with Gasteiger partial charge in [0.25, 0.3) is 11.8 Å². The van der Waals surface area contributed by atoms with E-state index in [1.165, 1.54) is 12.8 Å². The van der Waals surface area contributed by atoms with Crippen molar-refractivity contribution in [1.82, 2.24) is 4.90 Å². The number of anilines is 1. The second-order valence-corrected chi connectivity index (χ2v) is 5.54. The van der Waals surface area contributed by atoms with Crippen LogP contribution in [-0.2, 0) is 4.79 Å². The van der Waals surface area contributed by atoms with E-state index in [0.29, 0.717) is 22.9 Å². The minimum atomic E-state index is -0.170. The first-order chi connectivity index (χ1) is 9.56. The van der Waals surface area contributed by atoms with Crippen molar-refractivity contribution in [3.63, 3.8) is 0 Å². The van der Waals surface area contributed by atoms with Crippen LogP contribution in [0, 0.1) is 5.92 Å². The molecule has 0 spiro atoms. The molecule has 0 aromatic heterocycles. The number of hydrogen-bond acceptors (Lipinski definition) is 3. The zero-order valence-corrected chi connectivity index (χ0v) is 11.7. The van der Waals surface area contributed by atoms with E-state index in [2.05, 4.69) is 12.2 Å². The zero-order valence-electron chi connectivity index (χ0n) is 11.7. The van der Waals surface area contributed by atoms with Crippen LogP contribution in [0.25, 0.3) is 0 Å². The number of rotatable bonds is 3. The lowest BCUT2D eigenvalue weighted by atomic mass is 10.1. The van der Waals surface area contributed by atoms with Gasteiger partial charge < -0.3 is 15.0 Å². The molecule has 0 radical (unpaired) electrons. The van der Waals surface area contributed by atoms with Crippen molar-refractivity contribution in [3.8, 4) is 5.75 Å². The topological polar surface area (TPSA) is 58.6 Å². The summed E-state index contributed by atoms with van der Waals surface area (Å²) in [5, 5.41) is 2.72. The van der Waals surface area contributed by atoms with E-state index in [9.17, 15) is 9.59 Å². The summed E-state index contributed by atoms with van der Waals surface area (Å²) >= 11 is 0. The second-order valence-electron chi connectivity index (χ2n) is 5.54.